The number of carbonyl (C=O) groups is 3. The van der Waals surface area contributed by atoms with Crippen molar-refractivity contribution >= 4 is 23.5 Å². The second-order valence-electron chi connectivity index (χ2n) is 6.42. The molecule has 0 aliphatic carbocycles. The Kier molecular flexibility index (Phi) is 6.82. The number of benzene rings is 1. The molecule has 26 heavy (non-hydrogen) atoms. The Bertz CT molecular complexity index is 662. The molecule has 1 aromatic rings. The first-order valence-corrected chi connectivity index (χ1v) is 8.79. The van der Waals surface area contributed by atoms with E-state index >= 15 is 0 Å². The number of anilines is 1. The Labute approximate surface area is 153 Å². The number of ether oxygens (including phenoxy) is 1. The molecule has 1 aromatic carbocycles. The zero-order valence-electron chi connectivity index (χ0n) is 15.4. The Hall–Kier alpha value is -2.77. The first-order valence-electron chi connectivity index (χ1n) is 8.79. The fourth-order valence-electron chi connectivity index (χ4n) is 2.59. The summed E-state index contributed by atoms with van der Waals surface area (Å²) < 4.78 is 5.77. The number of urea groups is 1. The van der Waals surface area contributed by atoms with Crippen molar-refractivity contribution in [1.29, 1.82) is 0 Å². The molecule has 0 saturated heterocycles. The number of carbonyl (C=O) groups excluding carboxylic acids is 3. The van der Waals surface area contributed by atoms with Gasteiger partial charge in [-0.2, -0.15) is 0 Å². The zero-order chi connectivity index (χ0) is 19.1. The maximum Gasteiger partial charge on any atom is 0.321 e. The van der Waals surface area contributed by atoms with Gasteiger partial charge in [0.2, 0.25) is 5.91 Å². The van der Waals surface area contributed by atoms with E-state index in [1.807, 2.05) is 32.9 Å². The summed E-state index contributed by atoms with van der Waals surface area (Å²) in [6.07, 6.45) is 0.111. The summed E-state index contributed by atoms with van der Waals surface area (Å²) in [5, 5.41) is 7.70. The van der Waals surface area contributed by atoms with Crippen molar-refractivity contribution < 1.29 is 19.1 Å². The van der Waals surface area contributed by atoms with E-state index in [4.69, 9.17) is 4.74 Å². The van der Waals surface area contributed by atoms with Crippen molar-refractivity contribution in [2.24, 2.45) is 0 Å². The Morgan fingerprint density at radius 1 is 1.27 bits per heavy atom. The molecule has 142 valence electrons. The van der Waals surface area contributed by atoms with Gasteiger partial charge in [-0.05, 0) is 32.4 Å². The molecule has 0 fully saturated rings. The lowest BCUT2D eigenvalue weighted by Crippen LogP contribution is -2.52. The maximum absolute atomic E-state index is 12.3. The van der Waals surface area contributed by atoms with Gasteiger partial charge in [-0.25, -0.2) is 4.79 Å². The molecule has 0 aromatic heterocycles. The van der Waals surface area contributed by atoms with E-state index in [1.165, 1.54) is 0 Å². The predicted octanol–water partition coefficient (Wildman–Crippen LogP) is 1.01. The Morgan fingerprint density at radius 3 is 2.69 bits per heavy atom. The van der Waals surface area contributed by atoms with Gasteiger partial charge in [0.05, 0.1) is 18.8 Å². The summed E-state index contributed by atoms with van der Waals surface area (Å²) in [4.78, 5) is 37.9. The number of hydrogen-bond acceptors (Lipinski definition) is 5. The smallest absolute Gasteiger partial charge is 0.321 e. The highest BCUT2D eigenvalue weighted by molar-refractivity contribution is 5.97. The van der Waals surface area contributed by atoms with E-state index in [9.17, 15) is 14.4 Å². The van der Waals surface area contributed by atoms with Gasteiger partial charge in [0.25, 0.3) is 5.91 Å². The molecule has 0 saturated carbocycles. The summed E-state index contributed by atoms with van der Waals surface area (Å²) in [5.41, 5.74) is 0.714. The zero-order valence-corrected chi connectivity index (χ0v) is 15.4. The van der Waals surface area contributed by atoms with Crippen LogP contribution in [0.4, 0.5) is 10.5 Å². The third-order valence-electron chi connectivity index (χ3n) is 3.71. The van der Waals surface area contributed by atoms with Crippen LogP contribution in [0.3, 0.4) is 0 Å². The maximum atomic E-state index is 12.3. The van der Waals surface area contributed by atoms with Crippen LogP contribution in [-0.4, -0.2) is 49.6 Å². The van der Waals surface area contributed by atoms with Crippen molar-refractivity contribution in [2.75, 3.05) is 24.5 Å². The monoisotopic (exact) mass is 362 g/mol. The number of nitrogens with one attached hydrogen (secondary N) is 3. The number of imide groups is 1. The Balaban J connectivity index is 2.06. The summed E-state index contributed by atoms with van der Waals surface area (Å²) >= 11 is 0. The lowest BCUT2D eigenvalue weighted by Gasteiger charge is -2.35. The van der Waals surface area contributed by atoms with Gasteiger partial charge in [-0.3, -0.25) is 14.9 Å². The van der Waals surface area contributed by atoms with E-state index in [2.05, 4.69) is 16.0 Å². The first kappa shape index (κ1) is 19.6. The lowest BCUT2D eigenvalue weighted by molar-refractivity contribution is -0.128. The third-order valence-corrected chi connectivity index (χ3v) is 3.71. The molecule has 8 heteroatoms. The van der Waals surface area contributed by atoms with Gasteiger partial charge in [0.1, 0.15) is 5.75 Å². The van der Waals surface area contributed by atoms with Crippen LogP contribution < -0.4 is 25.6 Å². The quantitative estimate of drug-likeness (QED) is 0.701. The first-order chi connectivity index (χ1) is 12.4. The van der Waals surface area contributed by atoms with Crippen LogP contribution in [-0.2, 0) is 9.59 Å². The molecule has 0 bridgehead atoms. The van der Waals surface area contributed by atoms with E-state index in [-0.39, 0.29) is 25.0 Å². The number of amides is 4. The topological polar surface area (TPSA) is 99.8 Å². The minimum absolute atomic E-state index is 0.0521. The lowest BCUT2D eigenvalue weighted by atomic mass is 10.1. The fourth-order valence-corrected chi connectivity index (χ4v) is 2.59. The molecule has 1 atom stereocenters. The summed E-state index contributed by atoms with van der Waals surface area (Å²) in [6.45, 7) is 6.32. The molecule has 1 heterocycles. The summed E-state index contributed by atoms with van der Waals surface area (Å²) in [5.74, 6) is -0.133. The average Bonchev–Trinajstić information content (AvgIpc) is 2.58. The average molecular weight is 362 g/mol. The van der Waals surface area contributed by atoms with Gasteiger partial charge in [-0.1, -0.05) is 19.1 Å². The number of hydrogen-bond donors (Lipinski definition) is 3. The van der Waals surface area contributed by atoms with E-state index in [0.29, 0.717) is 18.0 Å². The summed E-state index contributed by atoms with van der Waals surface area (Å²) in [7, 11) is 0. The second-order valence-corrected chi connectivity index (χ2v) is 6.42. The van der Waals surface area contributed by atoms with Crippen LogP contribution in [0.25, 0.3) is 0 Å². The normalized spacial score (nSPS) is 15.7. The highest BCUT2D eigenvalue weighted by Gasteiger charge is 2.31. The molecule has 4 amide bonds. The van der Waals surface area contributed by atoms with Crippen LogP contribution in [0, 0.1) is 0 Å². The third kappa shape index (κ3) is 5.37. The predicted molar refractivity (Wildman–Crippen MR) is 98.2 cm³/mol. The fraction of sp³-hybridized carbons (Fsp3) is 0.500. The molecular weight excluding hydrogens is 336 g/mol. The van der Waals surface area contributed by atoms with Crippen molar-refractivity contribution in [3.63, 3.8) is 0 Å². The molecular formula is C18H26N4O4. The van der Waals surface area contributed by atoms with Crippen molar-refractivity contribution in [2.45, 2.75) is 39.3 Å². The largest absolute Gasteiger partial charge is 0.477 e. The van der Waals surface area contributed by atoms with Crippen LogP contribution in [0.2, 0.25) is 0 Å². The SMILES string of the molecule is CCCNC(=O)[C@@H]1CN(CC(=O)NC(=O)NC(C)C)c2ccccc2O1. The van der Waals surface area contributed by atoms with E-state index in [1.54, 1.807) is 17.0 Å². The van der Waals surface area contributed by atoms with Gasteiger partial charge in [0.15, 0.2) is 6.10 Å². The van der Waals surface area contributed by atoms with Crippen LogP contribution in [0.5, 0.6) is 5.75 Å². The molecule has 8 nitrogen and oxygen atoms in total. The van der Waals surface area contributed by atoms with E-state index < -0.39 is 18.0 Å². The molecule has 0 spiro atoms. The van der Waals surface area contributed by atoms with Crippen molar-refractivity contribution in [3.8, 4) is 5.75 Å². The highest BCUT2D eigenvalue weighted by Crippen LogP contribution is 2.32. The molecule has 0 radical (unpaired) electrons. The standard InChI is InChI=1S/C18H26N4O4/c1-4-9-19-17(24)15-10-22(13-7-5-6-8-14(13)26-15)11-16(23)21-18(25)20-12(2)3/h5-8,12,15H,4,9-11H2,1-3H3,(H,19,24)(H2,20,21,23,25)/t15-/m0/s1. The van der Waals surface area contributed by atoms with Crippen LogP contribution >= 0.6 is 0 Å². The van der Waals surface area contributed by atoms with Gasteiger partial charge < -0.3 is 20.3 Å². The molecule has 3 N–H and O–H groups in total. The number of fused-ring (bicyclic) bond motifs is 1. The molecule has 1 aliphatic heterocycles. The minimum atomic E-state index is -0.714. The second kappa shape index (κ2) is 9.07. The Morgan fingerprint density at radius 2 is 2.00 bits per heavy atom. The van der Waals surface area contributed by atoms with Crippen LogP contribution in [0.15, 0.2) is 24.3 Å². The van der Waals surface area contributed by atoms with Gasteiger partial charge in [0, 0.05) is 12.6 Å². The van der Waals surface area contributed by atoms with E-state index in [0.717, 1.165) is 6.42 Å². The minimum Gasteiger partial charge on any atom is -0.477 e. The number of nitrogens with zero attached hydrogens (tertiary/aromatic N) is 1. The van der Waals surface area contributed by atoms with Crippen molar-refractivity contribution in [1.82, 2.24) is 16.0 Å². The van der Waals surface area contributed by atoms with Gasteiger partial charge in [-0.15, -0.1) is 0 Å². The summed E-state index contributed by atoms with van der Waals surface area (Å²) in [6, 6.07) is 6.60. The molecule has 2 rings (SSSR count). The number of para-hydroxylation sites is 2. The van der Waals surface area contributed by atoms with Crippen molar-refractivity contribution in [3.05, 3.63) is 24.3 Å². The molecule has 1 aliphatic rings. The van der Waals surface area contributed by atoms with Gasteiger partial charge >= 0.3 is 6.03 Å². The molecule has 0 unspecified atom stereocenters. The number of rotatable bonds is 6. The van der Waals surface area contributed by atoms with Crippen LogP contribution in [0.1, 0.15) is 27.2 Å². The highest BCUT2D eigenvalue weighted by atomic mass is 16.5.